The molecule has 164 valence electrons. The Kier molecular flexibility index (Phi) is 6.86. The van der Waals surface area contributed by atoms with E-state index in [9.17, 15) is 0 Å². The molecular formula is C25H37ClN4. The third-order valence-electron chi connectivity index (χ3n) is 7.38. The van der Waals surface area contributed by atoms with Crippen molar-refractivity contribution in [3.05, 3.63) is 40.7 Å². The van der Waals surface area contributed by atoms with Crippen LogP contribution in [-0.2, 0) is 6.42 Å². The van der Waals surface area contributed by atoms with Crippen LogP contribution in [0.5, 0.6) is 0 Å². The van der Waals surface area contributed by atoms with Crippen molar-refractivity contribution < 1.29 is 0 Å². The number of fused-ring (bicyclic) bond motifs is 1. The maximum absolute atomic E-state index is 6.14. The summed E-state index contributed by atoms with van der Waals surface area (Å²) in [5.74, 6) is 3.69. The minimum atomic E-state index is 0.563. The lowest BCUT2D eigenvalue weighted by Crippen LogP contribution is -2.44. The van der Waals surface area contributed by atoms with Gasteiger partial charge in [-0.25, -0.2) is 4.98 Å². The van der Waals surface area contributed by atoms with Gasteiger partial charge in [-0.3, -0.25) is 0 Å². The first-order valence-corrected chi connectivity index (χ1v) is 12.0. The molecule has 30 heavy (non-hydrogen) atoms. The molecule has 0 saturated carbocycles. The third kappa shape index (κ3) is 5.09. The molecule has 0 unspecified atom stereocenters. The van der Waals surface area contributed by atoms with E-state index in [2.05, 4.69) is 49.1 Å². The van der Waals surface area contributed by atoms with Gasteiger partial charge >= 0.3 is 0 Å². The average molecular weight is 429 g/mol. The molecule has 5 heteroatoms. The summed E-state index contributed by atoms with van der Waals surface area (Å²) in [6, 6.07) is 6.57. The molecule has 1 aliphatic heterocycles. The molecule has 2 aromatic rings. The highest BCUT2D eigenvalue weighted by Gasteiger charge is 2.32. The van der Waals surface area contributed by atoms with Crippen molar-refractivity contribution in [1.29, 1.82) is 0 Å². The third-order valence-corrected chi connectivity index (χ3v) is 7.61. The van der Waals surface area contributed by atoms with Crippen LogP contribution in [0.15, 0.2) is 29.8 Å². The van der Waals surface area contributed by atoms with Crippen LogP contribution in [0.1, 0.15) is 45.9 Å². The number of aromatic nitrogens is 2. The fourth-order valence-corrected chi connectivity index (χ4v) is 5.56. The maximum Gasteiger partial charge on any atom is 0.107 e. The van der Waals surface area contributed by atoms with E-state index >= 15 is 0 Å². The van der Waals surface area contributed by atoms with Crippen molar-refractivity contribution in [2.24, 2.45) is 23.7 Å². The Morgan fingerprint density at radius 3 is 2.77 bits per heavy atom. The van der Waals surface area contributed by atoms with E-state index in [0.29, 0.717) is 23.8 Å². The molecule has 0 bridgehead atoms. The number of likely N-dealkylation sites (tertiary alicyclic amines) is 1. The zero-order chi connectivity index (χ0) is 21.3. The Balaban J connectivity index is 1.43. The number of nitrogens with one attached hydrogen (secondary N) is 2. The summed E-state index contributed by atoms with van der Waals surface area (Å²) in [5, 5.41) is 4.66. The van der Waals surface area contributed by atoms with Gasteiger partial charge in [0, 0.05) is 24.0 Å². The van der Waals surface area contributed by atoms with Crippen molar-refractivity contribution in [1.82, 2.24) is 20.2 Å². The summed E-state index contributed by atoms with van der Waals surface area (Å²) >= 11 is 6.14. The van der Waals surface area contributed by atoms with Crippen molar-refractivity contribution in [2.75, 3.05) is 26.7 Å². The number of halogens is 1. The van der Waals surface area contributed by atoms with Crippen molar-refractivity contribution in [2.45, 2.75) is 52.5 Å². The topological polar surface area (TPSA) is 44.0 Å². The Morgan fingerprint density at radius 2 is 2.03 bits per heavy atom. The first-order valence-electron chi connectivity index (χ1n) is 11.6. The Hall–Kier alpha value is -1.36. The number of benzene rings is 1. The van der Waals surface area contributed by atoms with E-state index in [1.165, 1.54) is 37.9 Å². The molecule has 2 aliphatic rings. The largest absolute Gasteiger partial charge is 0.342 e. The molecule has 0 spiro atoms. The molecule has 1 saturated heterocycles. The van der Waals surface area contributed by atoms with E-state index in [4.69, 9.17) is 16.6 Å². The van der Waals surface area contributed by atoms with E-state index in [-0.39, 0.29) is 0 Å². The highest BCUT2D eigenvalue weighted by atomic mass is 35.5. The summed E-state index contributed by atoms with van der Waals surface area (Å²) in [4.78, 5) is 10.8. The highest BCUT2D eigenvalue weighted by Crippen LogP contribution is 2.38. The van der Waals surface area contributed by atoms with Crippen molar-refractivity contribution in [3.63, 3.8) is 0 Å². The van der Waals surface area contributed by atoms with Gasteiger partial charge in [-0.15, -0.1) is 0 Å². The lowest BCUT2D eigenvalue weighted by Gasteiger charge is -2.38. The van der Waals surface area contributed by atoms with Crippen molar-refractivity contribution in [3.8, 4) is 0 Å². The summed E-state index contributed by atoms with van der Waals surface area (Å²) in [7, 11) is 2.23. The van der Waals surface area contributed by atoms with Gasteiger partial charge in [0.15, 0.2) is 0 Å². The summed E-state index contributed by atoms with van der Waals surface area (Å²) < 4.78 is 0. The number of hydrogen-bond acceptors (Lipinski definition) is 3. The predicted octanol–water partition coefficient (Wildman–Crippen LogP) is 5.30. The quantitative estimate of drug-likeness (QED) is 0.613. The van der Waals surface area contributed by atoms with Gasteiger partial charge in [0.2, 0.25) is 0 Å². The number of rotatable bonds is 6. The summed E-state index contributed by atoms with van der Waals surface area (Å²) in [6.45, 7) is 10.7. The zero-order valence-electron chi connectivity index (χ0n) is 18.9. The fraction of sp³-hybridized carbons (Fsp3) is 0.640. The SMILES string of the molecule is CC1=C[C@@H](CNC2CCN(C)CC2)[C@H](C(C)C)C[C@H]1Cc1nc2ccc(Cl)cc2[nH]1. The van der Waals surface area contributed by atoms with Crippen LogP contribution in [0.3, 0.4) is 0 Å². The van der Waals surface area contributed by atoms with Crippen LogP contribution in [0.25, 0.3) is 11.0 Å². The standard InChI is InChI=1S/C25H37ClN4/c1-16(2)22-12-18(13-25-28-23-6-5-20(26)14-24(23)29-25)17(3)11-19(22)15-27-21-7-9-30(4)10-8-21/h5-6,11,14,16,18-19,21-22,27H,7-10,12-13,15H2,1-4H3,(H,28,29)/t18-,19-,22-/m0/s1. The van der Waals surface area contributed by atoms with Crippen LogP contribution < -0.4 is 5.32 Å². The Morgan fingerprint density at radius 1 is 1.27 bits per heavy atom. The number of H-pyrrole nitrogens is 1. The van der Waals surface area contributed by atoms with E-state index < -0.39 is 0 Å². The molecular weight excluding hydrogens is 392 g/mol. The van der Waals surface area contributed by atoms with Crippen molar-refractivity contribution >= 4 is 22.6 Å². The second kappa shape index (κ2) is 9.42. The molecule has 2 N–H and O–H groups in total. The normalized spacial score (nSPS) is 26.5. The second-order valence-electron chi connectivity index (χ2n) is 9.95. The molecule has 2 heterocycles. The molecule has 1 aliphatic carbocycles. The van der Waals surface area contributed by atoms with Crippen LogP contribution in [0, 0.1) is 23.7 Å². The van der Waals surface area contributed by atoms with E-state index in [1.807, 2.05) is 18.2 Å². The maximum atomic E-state index is 6.14. The zero-order valence-corrected chi connectivity index (χ0v) is 19.7. The molecule has 1 fully saturated rings. The van der Waals surface area contributed by atoms with Gasteiger partial charge in [-0.1, -0.05) is 37.1 Å². The predicted molar refractivity (Wildman–Crippen MR) is 127 cm³/mol. The second-order valence-corrected chi connectivity index (χ2v) is 10.4. The molecule has 4 rings (SSSR count). The minimum Gasteiger partial charge on any atom is -0.342 e. The highest BCUT2D eigenvalue weighted by molar-refractivity contribution is 6.31. The monoisotopic (exact) mass is 428 g/mol. The lowest BCUT2D eigenvalue weighted by atomic mass is 9.69. The Labute approximate surface area is 186 Å². The van der Waals surface area contributed by atoms with Gasteiger partial charge in [0.1, 0.15) is 5.82 Å². The van der Waals surface area contributed by atoms with Gasteiger partial charge in [-0.2, -0.15) is 0 Å². The smallest absolute Gasteiger partial charge is 0.107 e. The minimum absolute atomic E-state index is 0.563. The number of aromatic amines is 1. The number of imidazole rings is 1. The molecule has 0 amide bonds. The molecule has 0 radical (unpaired) electrons. The van der Waals surface area contributed by atoms with Gasteiger partial charge in [0.25, 0.3) is 0 Å². The van der Waals surface area contributed by atoms with Crippen LogP contribution >= 0.6 is 11.6 Å². The molecule has 1 aromatic carbocycles. The van der Waals surface area contributed by atoms with Gasteiger partial charge in [-0.05, 0) is 88.2 Å². The Bertz CT molecular complexity index is 878. The van der Waals surface area contributed by atoms with E-state index in [1.54, 1.807) is 0 Å². The van der Waals surface area contributed by atoms with Gasteiger partial charge in [0.05, 0.1) is 11.0 Å². The first kappa shape index (κ1) is 21.9. The number of allylic oxidation sites excluding steroid dienone is 1. The number of nitrogens with zero attached hydrogens (tertiary/aromatic N) is 2. The molecule has 4 nitrogen and oxygen atoms in total. The lowest BCUT2D eigenvalue weighted by molar-refractivity contribution is 0.197. The summed E-state index contributed by atoms with van der Waals surface area (Å²) in [6.07, 6.45) is 7.35. The molecule has 1 aromatic heterocycles. The van der Waals surface area contributed by atoms with Crippen LogP contribution in [0.2, 0.25) is 5.02 Å². The van der Waals surface area contributed by atoms with Crippen LogP contribution in [-0.4, -0.2) is 47.6 Å². The average Bonchev–Trinajstić information content (AvgIpc) is 3.10. The number of hydrogen-bond donors (Lipinski definition) is 2. The van der Waals surface area contributed by atoms with E-state index in [0.717, 1.165) is 40.8 Å². The summed E-state index contributed by atoms with van der Waals surface area (Å²) in [5.41, 5.74) is 3.57. The number of piperidine rings is 1. The first-order chi connectivity index (χ1) is 14.4. The molecule has 3 atom stereocenters. The van der Waals surface area contributed by atoms with Gasteiger partial charge < -0.3 is 15.2 Å². The van der Waals surface area contributed by atoms with Crippen LogP contribution in [0.4, 0.5) is 0 Å². The fourth-order valence-electron chi connectivity index (χ4n) is 5.39.